The molecule has 2 heterocycles. The van der Waals surface area contributed by atoms with Crippen molar-refractivity contribution in [3.63, 3.8) is 0 Å². The van der Waals surface area contributed by atoms with Crippen molar-refractivity contribution in [1.29, 1.82) is 0 Å². The Balaban J connectivity index is 2.36. The van der Waals surface area contributed by atoms with Crippen molar-refractivity contribution in [2.24, 2.45) is 7.05 Å². The highest BCUT2D eigenvalue weighted by molar-refractivity contribution is 7.89. The zero-order valence-electron chi connectivity index (χ0n) is 8.67. The Labute approximate surface area is 98.5 Å². The lowest BCUT2D eigenvalue weighted by Crippen LogP contribution is -2.30. The summed E-state index contributed by atoms with van der Waals surface area (Å²) in [6.07, 6.45) is 1.20. The number of rotatable bonds is 2. The lowest BCUT2D eigenvalue weighted by molar-refractivity contribution is 0.189. The second-order valence-electron chi connectivity index (χ2n) is 3.76. The van der Waals surface area contributed by atoms with Crippen LogP contribution >= 0.6 is 11.6 Å². The summed E-state index contributed by atoms with van der Waals surface area (Å²) in [5.74, 6) is 0. The molecule has 1 fully saturated rings. The molecule has 0 amide bonds. The van der Waals surface area contributed by atoms with Gasteiger partial charge in [0.2, 0.25) is 5.03 Å². The van der Waals surface area contributed by atoms with Crippen LogP contribution in [0.15, 0.2) is 11.4 Å². The van der Waals surface area contributed by atoms with Gasteiger partial charge in [0.25, 0.3) is 10.0 Å². The third kappa shape index (κ3) is 1.84. The van der Waals surface area contributed by atoms with Crippen molar-refractivity contribution in [1.82, 2.24) is 13.9 Å². The van der Waals surface area contributed by atoms with E-state index in [4.69, 9.17) is 11.6 Å². The molecule has 1 aromatic heterocycles. The van der Waals surface area contributed by atoms with Crippen molar-refractivity contribution in [2.75, 3.05) is 13.1 Å². The lowest BCUT2D eigenvalue weighted by atomic mass is 10.3. The largest absolute Gasteiger partial charge is 0.392 e. The molecule has 0 aromatic carbocycles. The van der Waals surface area contributed by atoms with E-state index in [1.807, 2.05) is 0 Å². The Hall–Kier alpha value is -0.630. The van der Waals surface area contributed by atoms with E-state index in [1.54, 1.807) is 7.05 Å². The number of halogens is 1. The van der Waals surface area contributed by atoms with Gasteiger partial charge in [-0.1, -0.05) is 11.6 Å². The monoisotopic (exact) mass is 265 g/mol. The molecular formula is C8H12ClN3O3S. The standard InChI is InChI=1S/C8H12ClN3O3S/c1-11-5-10-8(7(11)9)16(14,15)12-3-2-6(13)4-12/h5-6,13H,2-4H2,1H3. The molecule has 2 rings (SSSR count). The fourth-order valence-electron chi connectivity index (χ4n) is 1.62. The molecule has 0 bridgehead atoms. The van der Waals surface area contributed by atoms with Crippen LogP contribution in [0, 0.1) is 0 Å². The molecule has 1 saturated heterocycles. The Morgan fingerprint density at radius 1 is 1.62 bits per heavy atom. The molecular weight excluding hydrogens is 254 g/mol. The van der Waals surface area contributed by atoms with Gasteiger partial charge in [-0.05, 0) is 6.42 Å². The molecule has 0 spiro atoms. The summed E-state index contributed by atoms with van der Waals surface area (Å²) in [7, 11) is -2.05. The van der Waals surface area contributed by atoms with Crippen LogP contribution in [-0.2, 0) is 17.1 Å². The van der Waals surface area contributed by atoms with E-state index in [9.17, 15) is 13.5 Å². The Kier molecular flexibility index (Phi) is 2.95. The van der Waals surface area contributed by atoms with Gasteiger partial charge >= 0.3 is 0 Å². The molecule has 1 aromatic rings. The third-order valence-electron chi connectivity index (χ3n) is 2.54. The first-order chi connectivity index (χ1) is 7.43. The van der Waals surface area contributed by atoms with Gasteiger partial charge < -0.3 is 9.67 Å². The van der Waals surface area contributed by atoms with Gasteiger partial charge in [0, 0.05) is 20.1 Å². The smallest absolute Gasteiger partial charge is 0.263 e. The van der Waals surface area contributed by atoms with Crippen LogP contribution in [0.4, 0.5) is 0 Å². The van der Waals surface area contributed by atoms with Gasteiger partial charge in [-0.2, -0.15) is 4.31 Å². The van der Waals surface area contributed by atoms with Crippen LogP contribution in [0.2, 0.25) is 5.15 Å². The van der Waals surface area contributed by atoms with Crippen molar-refractivity contribution in [3.8, 4) is 0 Å². The summed E-state index contributed by atoms with van der Waals surface area (Å²) < 4.78 is 26.8. The highest BCUT2D eigenvalue weighted by Crippen LogP contribution is 2.25. The minimum absolute atomic E-state index is 0.0846. The molecule has 0 radical (unpaired) electrons. The second-order valence-corrected chi connectivity index (χ2v) is 5.97. The fourth-order valence-corrected chi connectivity index (χ4v) is 3.50. The summed E-state index contributed by atoms with van der Waals surface area (Å²) in [5.41, 5.74) is 0. The summed E-state index contributed by atoms with van der Waals surface area (Å²) in [6.45, 7) is 0.408. The van der Waals surface area contributed by atoms with Crippen molar-refractivity contribution in [3.05, 3.63) is 11.5 Å². The number of imidazole rings is 1. The van der Waals surface area contributed by atoms with E-state index in [0.717, 1.165) is 0 Å². The summed E-state index contributed by atoms with van der Waals surface area (Å²) >= 11 is 5.84. The van der Waals surface area contributed by atoms with Crippen LogP contribution < -0.4 is 0 Å². The third-order valence-corrected chi connectivity index (χ3v) is 4.90. The molecule has 1 aliphatic heterocycles. The molecule has 8 heteroatoms. The fraction of sp³-hybridized carbons (Fsp3) is 0.625. The summed E-state index contributed by atoms with van der Waals surface area (Å²) in [5, 5.41) is 9.26. The molecule has 6 nitrogen and oxygen atoms in total. The number of aryl methyl sites for hydroxylation is 1. The Morgan fingerprint density at radius 2 is 2.31 bits per heavy atom. The van der Waals surface area contributed by atoms with E-state index in [1.165, 1.54) is 15.2 Å². The highest BCUT2D eigenvalue weighted by atomic mass is 35.5. The number of hydrogen-bond donors (Lipinski definition) is 1. The number of β-amino-alcohol motifs (C(OH)–C–C–N with tert-alkyl or cyclic N) is 1. The van der Waals surface area contributed by atoms with E-state index in [2.05, 4.69) is 4.98 Å². The van der Waals surface area contributed by atoms with E-state index in [0.29, 0.717) is 13.0 Å². The van der Waals surface area contributed by atoms with Crippen LogP contribution in [-0.4, -0.2) is 46.6 Å². The zero-order valence-corrected chi connectivity index (χ0v) is 10.2. The van der Waals surface area contributed by atoms with Gasteiger partial charge in [-0.25, -0.2) is 13.4 Å². The number of aliphatic hydroxyl groups excluding tert-OH is 1. The highest BCUT2D eigenvalue weighted by Gasteiger charge is 2.34. The molecule has 1 N–H and O–H groups in total. The number of sulfonamides is 1. The second kappa shape index (κ2) is 3.99. The molecule has 0 saturated carbocycles. The number of aliphatic hydroxyl groups is 1. The van der Waals surface area contributed by atoms with Crippen molar-refractivity contribution >= 4 is 21.6 Å². The van der Waals surface area contributed by atoms with Gasteiger partial charge in [0.1, 0.15) is 5.15 Å². The predicted octanol–water partition coefficient (Wildman–Crippen LogP) is -0.171. The molecule has 0 aliphatic carbocycles. The van der Waals surface area contributed by atoms with Crippen LogP contribution in [0.5, 0.6) is 0 Å². The van der Waals surface area contributed by atoms with E-state index in [-0.39, 0.29) is 16.7 Å². The van der Waals surface area contributed by atoms with Gasteiger partial charge in [-0.15, -0.1) is 0 Å². The first-order valence-corrected chi connectivity index (χ1v) is 6.60. The molecule has 90 valence electrons. The average Bonchev–Trinajstić information content (AvgIpc) is 2.76. The molecule has 1 atom stereocenters. The van der Waals surface area contributed by atoms with Gasteiger partial charge in [0.05, 0.1) is 12.4 Å². The van der Waals surface area contributed by atoms with Gasteiger partial charge in [0.15, 0.2) is 0 Å². The quantitative estimate of drug-likeness (QED) is 0.806. The topological polar surface area (TPSA) is 75.4 Å². The molecule has 1 aliphatic rings. The molecule has 16 heavy (non-hydrogen) atoms. The summed E-state index contributed by atoms with van der Waals surface area (Å²) in [4.78, 5) is 3.78. The summed E-state index contributed by atoms with van der Waals surface area (Å²) in [6, 6.07) is 0. The number of aromatic nitrogens is 2. The maximum Gasteiger partial charge on any atom is 0.263 e. The van der Waals surface area contributed by atoms with E-state index < -0.39 is 16.1 Å². The van der Waals surface area contributed by atoms with Crippen molar-refractivity contribution < 1.29 is 13.5 Å². The lowest BCUT2D eigenvalue weighted by Gasteiger charge is -2.13. The average molecular weight is 266 g/mol. The van der Waals surface area contributed by atoms with Crippen LogP contribution in [0.25, 0.3) is 0 Å². The number of nitrogens with zero attached hydrogens (tertiary/aromatic N) is 3. The van der Waals surface area contributed by atoms with E-state index >= 15 is 0 Å². The van der Waals surface area contributed by atoms with Crippen LogP contribution in [0.1, 0.15) is 6.42 Å². The zero-order chi connectivity index (χ0) is 11.9. The normalized spacial score (nSPS) is 22.8. The van der Waals surface area contributed by atoms with Crippen LogP contribution in [0.3, 0.4) is 0 Å². The first-order valence-electron chi connectivity index (χ1n) is 4.78. The van der Waals surface area contributed by atoms with Gasteiger partial charge in [-0.3, -0.25) is 0 Å². The SMILES string of the molecule is Cn1cnc(S(=O)(=O)N2CCC(O)C2)c1Cl. The minimum Gasteiger partial charge on any atom is -0.392 e. The Bertz CT molecular complexity index is 499. The predicted molar refractivity (Wildman–Crippen MR) is 57.6 cm³/mol. The molecule has 1 unspecified atom stereocenters. The van der Waals surface area contributed by atoms with Crippen molar-refractivity contribution in [2.45, 2.75) is 17.6 Å². The maximum absolute atomic E-state index is 12.1. The first kappa shape index (κ1) is 11.8. The maximum atomic E-state index is 12.1. The minimum atomic E-state index is -3.67. The Morgan fingerprint density at radius 3 is 2.75 bits per heavy atom. The number of hydrogen-bond acceptors (Lipinski definition) is 4.